The first-order valence-corrected chi connectivity index (χ1v) is 9.46. The van der Waals surface area contributed by atoms with Crippen LogP contribution >= 0.6 is 0 Å². The molecule has 3 aromatic rings. The monoisotopic (exact) mass is 418 g/mol. The number of carboxylic acid groups (broad SMARTS) is 1. The third-order valence-electron chi connectivity index (χ3n) is 5.80. The first-order chi connectivity index (χ1) is 14.2. The van der Waals surface area contributed by atoms with Gasteiger partial charge < -0.3 is 19.5 Å². The van der Waals surface area contributed by atoms with Crippen LogP contribution in [0.15, 0.2) is 31.0 Å². The van der Waals surface area contributed by atoms with Crippen molar-refractivity contribution >= 4 is 11.8 Å². The summed E-state index contributed by atoms with van der Waals surface area (Å²) in [4.78, 5) is 22.6. The molecule has 30 heavy (non-hydrogen) atoms. The molecule has 0 saturated carbocycles. The van der Waals surface area contributed by atoms with Gasteiger partial charge in [0.05, 0.1) is 31.2 Å². The molecular weight excluding hydrogens is 399 g/mol. The molecule has 0 bridgehead atoms. The van der Waals surface area contributed by atoms with Crippen LogP contribution in [-0.2, 0) is 4.74 Å². The van der Waals surface area contributed by atoms with Crippen LogP contribution in [-0.4, -0.2) is 67.0 Å². The topological polar surface area (TPSA) is 127 Å². The van der Waals surface area contributed by atoms with Gasteiger partial charge in [-0.05, 0) is 24.7 Å². The maximum absolute atomic E-state index is 11.8. The van der Waals surface area contributed by atoms with E-state index in [1.54, 1.807) is 6.07 Å². The van der Waals surface area contributed by atoms with Crippen molar-refractivity contribution in [2.24, 2.45) is 5.41 Å². The number of piperidine rings is 1. The fourth-order valence-corrected chi connectivity index (χ4v) is 4.09. The molecule has 2 aliphatic heterocycles. The van der Waals surface area contributed by atoms with Gasteiger partial charge >= 0.3 is 29.6 Å². The molecule has 150 valence electrons. The smallest absolute Gasteiger partial charge is 0.543 e. The van der Waals surface area contributed by atoms with Crippen LogP contribution in [0, 0.1) is 5.41 Å². The zero-order valence-corrected chi connectivity index (χ0v) is 18.6. The second-order valence-electron chi connectivity index (χ2n) is 7.45. The summed E-state index contributed by atoms with van der Waals surface area (Å²) in [5.74, 6) is -0.287. The molecule has 2 fully saturated rings. The second kappa shape index (κ2) is 8.42. The van der Waals surface area contributed by atoms with E-state index in [1.165, 1.54) is 34.3 Å². The summed E-state index contributed by atoms with van der Waals surface area (Å²) >= 11 is 0. The predicted molar refractivity (Wildman–Crippen MR) is 97.7 cm³/mol. The Morgan fingerprint density at radius 2 is 1.97 bits per heavy atom. The third kappa shape index (κ3) is 3.73. The number of ether oxygens (including phenoxy) is 1. The Morgan fingerprint density at radius 3 is 2.63 bits per heavy atom. The quantitative estimate of drug-likeness (QED) is 0.399. The van der Waals surface area contributed by atoms with Crippen molar-refractivity contribution in [2.75, 3.05) is 31.2 Å². The first kappa shape index (κ1) is 20.9. The number of anilines is 1. The summed E-state index contributed by atoms with van der Waals surface area (Å²) in [5.41, 5.74) is 0.396. The van der Waals surface area contributed by atoms with E-state index >= 15 is 0 Å². The SMILES string of the molecule is O=C([O-])c1c(-n2ccnn2)cnn1-c1cc(N2CCC3(CCOC3)CC2)ncn1.[Na+]. The van der Waals surface area contributed by atoms with E-state index in [9.17, 15) is 9.90 Å². The summed E-state index contributed by atoms with van der Waals surface area (Å²) in [6, 6.07) is 1.74. The number of carboxylic acids is 1. The number of aromatic nitrogens is 7. The maximum Gasteiger partial charge on any atom is 1.00 e. The van der Waals surface area contributed by atoms with Crippen molar-refractivity contribution < 1.29 is 44.2 Å². The first-order valence-electron chi connectivity index (χ1n) is 9.46. The zero-order chi connectivity index (χ0) is 19.8. The normalized spacial score (nSPS) is 17.8. The van der Waals surface area contributed by atoms with Gasteiger partial charge in [0.1, 0.15) is 23.5 Å². The molecule has 0 atom stereocenters. The fourth-order valence-electron chi connectivity index (χ4n) is 4.09. The van der Waals surface area contributed by atoms with Gasteiger partial charge in [-0.2, -0.15) is 5.10 Å². The minimum Gasteiger partial charge on any atom is -0.543 e. The molecule has 12 heteroatoms. The van der Waals surface area contributed by atoms with Crippen molar-refractivity contribution in [2.45, 2.75) is 19.3 Å². The number of aromatic carboxylic acids is 1. The van der Waals surface area contributed by atoms with E-state index in [2.05, 4.69) is 30.3 Å². The van der Waals surface area contributed by atoms with E-state index < -0.39 is 5.97 Å². The molecule has 0 N–H and O–H groups in total. The summed E-state index contributed by atoms with van der Waals surface area (Å²) in [7, 11) is 0. The molecule has 0 radical (unpaired) electrons. The van der Waals surface area contributed by atoms with Crippen LogP contribution < -0.4 is 39.6 Å². The number of nitrogens with zero attached hydrogens (tertiary/aromatic N) is 8. The van der Waals surface area contributed by atoms with Gasteiger partial charge in [0.25, 0.3) is 0 Å². The van der Waals surface area contributed by atoms with E-state index in [0.717, 1.165) is 51.4 Å². The van der Waals surface area contributed by atoms with Gasteiger partial charge in [-0.3, -0.25) is 0 Å². The van der Waals surface area contributed by atoms with Gasteiger partial charge in [0.2, 0.25) is 0 Å². The van der Waals surface area contributed by atoms with E-state index in [0.29, 0.717) is 11.2 Å². The Balaban J connectivity index is 0.00000218. The molecule has 1 spiro atoms. The van der Waals surface area contributed by atoms with Crippen LogP contribution in [0.2, 0.25) is 0 Å². The summed E-state index contributed by atoms with van der Waals surface area (Å²) in [5, 5.41) is 23.5. The molecule has 0 aromatic carbocycles. The number of hydrogen-bond acceptors (Lipinski definition) is 9. The largest absolute Gasteiger partial charge is 1.00 e. The van der Waals surface area contributed by atoms with E-state index in [4.69, 9.17) is 4.74 Å². The van der Waals surface area contributed by atoms with Gasteiger partial charge in [0, 0.05) is 25.8 Å². The molecule has 0 amide bonds. The van der Waals surface area contributed by atoms with Gasteiger partial charge in [-0.1, -0.05) is 5.21 Å². The minimum absolute atomic E-state index is 0. The van der Waals surface area contributed by atoms with Gasteiger partial charge in [-0.15, -0.1) is 5.10 Å². The second-order valence-corrected chi connectivity index (χ2v) is 7.45. The van der Waals surface area contributed by atoms with Crippen molar-refractivity contribution in [3.05, 3.63) is 36.7 Å². The molecule has 5 heterocycles. The summed E-state index contributed by atoms with van der Waals surface area (Å²) < 4.78 is 8.15. The average molecular weight is 418 g/mol. The number of rotatable bonds is 4. The zero-order valence-electron chi connectivity index (χ0n) is 16.6. The van der Waals surface area contributed by atoms with Crippen molar-refractivity contribution in [3.63, 3.8) is 0 Å². The Kier molecular flexibility index (Phi) is 5.87. The Labute approximate surface area is 194 Å². The number of carbonyl (C=O) groups excluding carboxylic acids is 1. The van der Waals surface area contributed by atoms with Crippen LogP contribution in [0.5, 0.6) is 0 Å². The molecule has 2 aliphatic rings. The van der Waals surface area contributed by atoms with Crippen LogP contribution in [0.25, 0.3) is 11.5 Å². The Hall–Kier alpha value is -2.34. The standard InChI is InChI=1S/C18H20N8O3.Na/c27-17(28)16-13(25-7-4-21-23-25)10-22-26(16)15-9-14(19-12-20-15)24-5-1-18(2-6-24)3-8-29-11-18;/h4,7,9-10,12H,1-3,5-6,8,11H2,(H,27,28);/q;+1/p-1. The van der Waals surface area contributed by atoms with Crippen molar-refractivity contribution in [3.8, 4) is 11.5 Å². The third-order valence-corrected chi connectivity index (χ3v) is 5.80. The Morgan fingerprint density at radius 1 is 1.17 bits per heavy atom. The van der Waals surface area contributed by atoms with Crippen LogP contribution in [0.1, 0.15) is 29.8 Å². The predicted octanol–water partition coefficient (Wildman–Crippen LogP) is -3.38. The number of carbonyl (C=O) groups is 1. The van der Waals surface area contributed by atoms with Crippen LogP contribution in [0.3, 0.4) is 0 Å². The summed E-state index contributed by atoms with van der Waals surface area (Å²) in [6.07, 6.45) is 9.02. The molecule has 2 saturated heterocycles. The fraction of sp³-hybridized carbons (Fsp3) is 0.444. The van der Waals surface area contributed by atoms with E-state index in [1.807, 2.05) is 0 Å². The molecule has 5 rings (SSSR count). The Bertz CT molecular complexity index is 1020. The molecule has 11 nitrogen and oxygen atoms in total. The molecular formula is C18H19N8NaO3. The van der Waals surface area contributed by atoms with Crippen LogP contribution in [0.4, 0.5) is 5.82 Å². The average Bonchev–Trinajstić information content (AvgIpc) is 3.49. The molecule has 0 unspecified atom stereocenters. The number of hydrogen-bond donors (Lipinski definition) is 0. The molecule has 3 aromatic heterocycles. The van der Waals surface area contributed by atoms with Crippen molar-refractivity contribution in [1.82, 2.24) is 34.7 Å². The minimum atomic E-state index is -1.38. The molecule has 0 aliphatic carbocycles. The van der Waals surface area contributed by atoms with Crippen molar-refractivity contribution in [1.29, 1.82) is 0 Å². The van der Waals surface area contributed by atoms with E-state index in [-0.39, 0.29) is 40.9 Å². The van der Waals surface area contributed by atoms with Gasteiger partial charge in [-0.25, -0.2) is 19.3 Å². The summed E-state index contributed by atoms with van der Waals surface area (Å²) in [6.45, 7) is 3.42. The van der Waals surface area contributed by atoms with Gasteiger partial charge in [0.15, 0.2) is 5.82 Å². The maximum atomic E-state index is 11.8.